The number of rotatable bonds is 2. The molecule has 1 aliphatic rings. The molecule has 0 spiro atoms. The van der Waals surface area contributed by atoms with Crippen molar-refractivity contribution in [3.05, 3.63) is 39.7 Å². The molecule has 0 N–H and O–H groups in total. The lowest BCUT2D eigenvalue weighted by Gasteiger charge is -2.37. The summed E-state index contributed by atoms with van der Waals surface area (Å²) < 4.78 is 1.25. The third-order valence-corrected chi connectivity index (χ3v) is 4.67. The van der Waals surface area contributed by atoms with Gasteiger partial charge in [0.1, 0.15) is 16.7 Å². The maximum Gasteiger partial charge on any atom is 0.287 e. The van der Waals surface area contributed by atoms with Gasteiger partial charge in [-0.2, -0.15) is 5.10 Å². The second kappa shape index (κ2) is 6.63. The van der Waals surface area contributed by atoms with E-state index in [1.807, 2.05) is 12.3 Å². The number of hydrogen-bond acceptors (Lipinski definition) is 6. The van der Waals surface area contributed by atoms with Crippen LogP contribution in [0.15, 0.2) is 23.3 Å². The van der Waals surface area contributed by atoms with Gasteiger partial charge >= 0.3 is 0 Å². The van der Waals surface area contributed by atoms with E-state index >= 15 is 0 Å². The Morgan fingerprint density at radius 3 is 2.40 bits per heavy atom. The van der Waals surface area contributed by atoms with Gasteiger partial charge in [0, 0.05) is 44.8 Å². The molecular weight excluding hydrogens is 340 g/mol. The summed E-state index contributed by atoms with van der Waals surface area (Å²) in [5, 5.41) is 4.30. The molecule has 0 aromatic carbocycles. The fourth-order valence-corrected chi connectivity index (χ4v) is 3.08. The van der Waals surface area contributed by atoms with Gasteiger partial charge in [0.15, 0.2) is 0 Å². The van der Waals surface area contributed by atoms with Gasteiger partial charge in [-0.1, -0.05) is 32.4 Å². The molecule has 1 saturated heterocycles. The first-order valence-corrected chi connectivity index (χ1v) is 8.70. The number of piperazine rings is 1. The Morgan fingerprint density at radius 2 is 1.76 bits per heavy atom. The molecule has 0 saturated carbocycles. The Morgan fingerprint density at radius 1 is 1.12 bits per heavy atom. The van der Waals surface area contributed by atoms with Gasteiger partial charge in [0.05, 0.1) is 11.9 Å². The van der Waals surface area contributed by atoms with Crippen molar-refractivity contribution in [3.8, 4) is 0 Å². The highest BCUT2D eigenvalue weighted by Gasteiger charge is 2.23. The van der Waals surface area contributed by atoms with E-state index < -0.39 is 0 Å². The van der Waals surface area contributed by atoms with Crippen molar-refractivity contribution < 1.29 is 0 Å². The highest BCUT2D eigenvalue weighted by atomic mass is 35.5. The summed E-state index contributed by atoms with van der Waals surface area (Å²) in [6, 6.07) is 1.94. The summed E-state index contributed by atoms with van der Waals surface area (Å²) in [6.45, 7) is 9.42. The molecular formula is C17H23ClN6O. The largest absolute Gasteiger partial charge is 0.365 e. The summed E-state index contributed by atoms with van der Waals surface area (Å²) in [7, 11) is 1.60. The monoisotopic (exact) mass is 362 g/mol. The minimum Gasteiger partial charge on any atom is -0.365 e. The van der Waals surface area contributed by atoms with Crippen LogP contribution in [-0.4, -0.2) is 45.9 Å². The number of nitrogens with zero attached hydrogens (tertiary/aromatic N) is 6. The second-order valence-corrected chi connectivity index (χ2v) is 7.61. The molecule has 1 fully saturated rings. The molecule has 7 nitrogen and oxygen atoms in total. The molecule has 0 atom stereocenters. The molecule has 3 heterocycles. The van der Waals surface area contributed by atoms with Crippen LogP contribution in [0.25, 0.3) is 0 Å². The van der Waals surface area contributed by atoms with Crippen molar-refractivity contribution in [2.45, 2.75) is 26.2 Å². The van der Waals surface area contributed by atoms with E-state index in [1.165, 1.54) is 4.68 Å². The van der Waals surface area contributed by atoms with E-state index in [2.05, 4.69) is 40.7 Å². The van der Waals surface area contributed by atoms with Crippen molar-refractivity contribution in [3.63, 3.8) is 0 Å². The Hall–Kier alpha value is -2.15. The van der Waals surface area contributed by atoms with Crippen LogP contribution >= 0.6 is 11.6 Å². The number of aromatic nitrogens is 4. The van der Waals surface area contributed by atoms with E-state index in [9.17, 15) is 4.79 Å². The maximum atomic E-state index is 12.0. The SMILES string of the molecule is Cn1ncc(N2CCN(c3ccnc(C(C)(C)C)n3)CC2)c(Cl)c1=O. The predicted molar refractivity (Wildman–Crippen MR) is 99.6 cm³/mol. The number of hydrogen-bond donors (Lipinski definition) is 0. The van der Waals surface area contributed by atoms with Crippen molar-refractivity contribution in [2.24, 2.45) is 7.05 Å². The van der Waals surface area contributed by atoms with Gasteiger partial charge in [0.25, 0.3) is 5.56 Å². The Labute approximate surface area is 152 Å². The number of halogens is 1. The van der Waals surface area contributed by atoms with Crippen LogP contribution in [0.1, 0.15) is 26.6 Å². The fraction of sp³-hybridized carbons (Fsp3) is 0.529. The van der Waals surface area contributed by atoms with Crippen molar-refractivity contribution in [1.29, 1.82) is 0 Å². The molecule has 3 rings (SSSR count). The van der Waals surface area contributed by atoms with Crippen molar-refractivity contribution in [1.82, 2.24) is 19.7 Å². The third kappa shape index (κ3) is 3.61. The van der Waals surface area contributed by atoms with Crippen LogP contribution in [-0.2, 0) is 12.5 Å². The van der Waals surface area contributed by atoms with Crippen LogP contribution < -0.4 is 15.4 Å². The van der Waals surface area contributed by atoms with E-state index in [4.69, 9.17) is 16.6 Å². The first-order valence-electron chi connectivity index (χ1n) is 8.32. The van der Waals surface area contributed by atoms with Gasteiger partial charge in [0.2, 0.25) is 0 Å². The quantitative estimate of drug-likeness (QED) is 0.812. The number of aryl methyl sites for hydroxylation is 1. The predicted octanol–water partition coefficient (Wildman–Crippen LogP) is 1.85. The van der Waals surface area contributed by atoms with Crippen LogP contribution in [0.3, 0.4) is 0 Å². The van der Waals surface area contributed by atoms with Gasteiger partial charge < -0.3 is 9.80 Å². The van der Waals surface area contributed by atoms with Crippen molar-refractivity contribution in [2.75, 3.05) is 36.0 Å². The Bertz CT molecular complexity index is 821. The molecule has 0 aliphatic carbocycles. The zero-order chi connectivity index (χ0) is 18.2. The molecule has 134 valence electrons. The summed E-state index contributed by atoms with van der Waals surface area (Å²) in [5.74, 6) is 1.78. The lowest BCUT2D eigenvalue weighted by molar-refractivity contribution is 0.541. The first-order chi connectivity index (χ1) is 11.8. The Kier molecular flexibility index (Phi) is 4.69. The molecule has 0 radical (unpaired) electrons. The second-order valence-electron chi connectivity index (χ2n) is 7.24. The highest BCUT2D eigenvalue weighted by molar-refractivity contribution is 6.33. The van der Waals surface area contributed by atoms with Crippen LogP contribution in [0.5, 0.6) is 0 Å². The molecule has 1 aliphatic heterocycles. The average molecular weight is 363 g/mol. The summed E-state index contributed by atoms with van der Waals surface area (Å²) >= 11 is 6.21. The van der Waals surface area contributed by atoms with Gasteiger partial charge in [-0.25, -0.2) is 14.6 Å². The molecule has 25 heavy (non-hydrogen) atoms. The molecule has 8 heteroatoms. The maximum absolute atomic E-state index is 12.0. The minimum atomic E-state index is -0.271. The Balaban J connectivity index is 1.75. The van der Waals surface area contributed by atoms with Gasteiger partial charge in [-0.3, -0.25) is 4.79 Å². The normalized spacial score (nSPS) is 15.6. The fourth-order valence-electron chi connectivity index (χ4n) is 2.79. The first kappa shape index (κ1) is 17.7. The van der Waals surface area contributed by atoms with Crippen LogP contribution in [0, 0.1) is 0 Å². The summed E-state index contributed by atoms with van der Waals surface area (Å²) in [6.07, 6.45) is 3.47. The third-order valence-electron chi connectivity index (χ3n) is 4.32. The van der Waals surface area contributed by atoms with Crippen LogP contribution in [0.4, 0.5) is 11.5 Å². The zero-order valence-electron chi connectivity index (χ0n) is 15.0. The summed E-state index contributed by atoms with van der Waals surface area (Å²) in [5.41, 5.74) is 0.343. The smallest absolute Gasteiger partial charge is 0.287 e. The topological polar surface area (TPSA) is 67.2 Å². The van der Waals surface area contributed by atoms with E-state index in [0.29, 0.717) is 5.69 Å². The van der Waals surface area contributed by atoms with Crippen LogP contribution in [0.2, 0.25) is 5.02 Å². The molecule has 0 amide bonds. The van der Waals surface area contributed by atoms with E-state index in [-0.39, 0.29) is 16.0 Å². The highest BCUT2D eigenvalue weighted by Crippen LogP contribution is 2.25. The van der Waals surface area contributed by atoms with Gasteiger partial charge in [-0.15, -0.1) is 0 Å². The molecule has 2 aromatic heterocycles. The standard InChI is InChI=1S/C17H23ClN6O/c1-17(2,3)16-19-6-5-13(21-16)24-9-7-23(8-10-24)12-11-20-22(4)15(25)14(12)18/h5-6,11H,7-10H2,1-4H3. The van der Waals surface area contributed by atoms with E-state index in [0.717, 1.165) is 37.8 Å². The lowest BCUT2D eigenvalue weighted by atomic mass is 9.96. The lowest BCUT2D eigenvalue weighted by Crippen LogP contribution is -2.47. The zero-order valence-corrected chi connectivity index (χ0v) is 15.8. The molecule has 0 bridgehead atoms. The van der Waals surface area contributed by atoms with Gasteiger partial charge in [-0.05, 0) is 6.07 Å². The number of anilines is 2. The van der Waals surface area contributed by atoms with E-state index in [1.54, 1.807) is 13.2 Å². The minimum absolute atomic E-state index is 0.0822. The molecule has 2 aromatic rings. The average Bonchev–Trinajstić information content (AvgIpc) is 2.59. The molecule has 0 unspecified atom stereocenters. The van der Waals surface area contributed by atoms with Crippen molar-refractivity contribution >= 4 is 23.1 Å². The summed E-state index contributed by atoms with van der Waals surface area (Å²) in [4.78, 5) is 25.4.